The number of amides is 3. The first-order valence-electron chi connectivity index (χ1n) is 23.2. The molecule has 1 fully saturated rings. The van der Waals surface area contributed by atoms with Crippen molar-refractivity contribution >= 4 is 44.8 Å². The summed E-state index contributed by atoms with van der Waals surface area (Å²) in [5, 5.41) is 9.28. The van der Waals surface area contributed by atoms with Crippen LogP contribution in [0.2, 0.25) is 0 Å². The number of esters is 1. The number of nitrogens with zero attached hydrogens (tertiary/aromatic N) is 3. The van der Waals surface area contributed by atoms with E-state index in [1.165, 1.54) is 30.7 Å². The molecule has 3 atom stereocenters. The minimum absolute atomic E-state index is 0.0368. The van der Waals surface area contributed by atoms with Gasteiger partial charge in [-0.25, -0.2) is 13.3 Å². The molecule has 4 heterocycles. The molecule has 6 rings (SSSR count). The van der Waals surface area contributed by atoms with E-state index in [0.717, 1.165) is 12.1 Å². The Kier molecular flexibility index (Phi) is 16.1. The normalized spacial score (nSPS) is 19.2. The molecule has 1 saturated heterocycles. The van der Waals surface area contributed by atoms with E-state index in [4.69, 9.17) is 27.9 Å². The van der Waals surface area contributed by atoms with Crippen molar-refractivity contribution < 1.29 is 74.8 Å². The van der Waals surface area contributed by atoms with Crippen LogP contribution >= 0.6 is 15.4 Å². The van der Waals surface area contributed by atoms with Gasteiger partial charge in [0.2, 0.25) is 23.9 Å². The molecule has 394 valence electrons. The highest BCUT2D eigenvalue weighted by Crippen LogP contribution is 2.54. The minimum Gasteiger partial charge on any atom is -0.451 e. The lowest BCUT2D eigenvalue weighted by molar-refractivity contribution is -0.151. The first-order chi connectivity index (χ1) is 33.2. The maximum atomic E-state index is 14.6. The van der Waals surface area contributed by atoms with Gasteiger partial charge in [-0.3, -0.25) is 38.3 Å². The molecule has 3 aliphatic heterocycles. The average Bonchev–Trinajstić information content (AvgIpc) is 3.55. The predicted molar refractivity (Wildman–Crippen MR) is 258 cm³/mol. The zero-order chi connectivity index (χ0) is 53.5. The summed E-state index contributed by atoms with van der Waals surface area (Å²) < 4.78 is 84.0. The summed E-state index contributed by atoms with van der Waals surface area (Å²) in [5.41, 5.74) is -4.88. The fourth-order valence-electron chi connectivity index (χ4n) is 9.27. The second-order valence-corrected chi connectivity index (χ2v) is 24.1. The number of aryl methyl sites for hydroxylation is 1. The van der Waals surface area contributed by atoms with Gasteiger partial charge in [-0.1, -0.05) is 31.1 Å². The van der Waals surface area contributed by atoms with Crippen LogP contribution < -0.4 is 25.3 Å². The molecule has 3 aliphatic rings. The number of benzene rings is 2. The van der Waals surface area contributed by atoms with Gasteiger partial charge in [0.1, 0.15) is 29.2 Å². The van der Waals surface area contributed by atoms with E-state index in [9.17, 15) is 51.7 Å². The molecule has 0 unspecified atom stereocenters. The summed E-state index contributed by atoms with van der Waals surface area (Å²) >= 11 is 0. The maximum Gasteiger partial charge on any atom is 0.524 e. The van der Waals surface area contributed by atoms with E-state index in [2.05, 4.69) is 15.8 Å². The number of hydrogen-bond donors (Lipinski definition) is 4. The molecule has 24 heteroatoms. The van der Waals surface area contributed by atoms with E-state index >= 15 is 0 Å². The third-order valence-electron chi connectivity index (χ3n) is 12.0. The van der Waals surface area contributed by atoms with Crippen LogP contribution in [0.15, 0.2) is 46.5 Å². The van der Waals surface area contributed by atoms with Crippen molar-refractivity contribution in [3.63, 3.8) is 0 Å². The molecule has 2 aromatic carbocycles. The fourth-order valence-corrected chi connectivity index (χ4v) is 11.9. The Bertz CT molecular complexity index is 2820. The van der Waals surface area contributed by atoms with Crippen molar-refractivity contribution in [2.45, 2.75) is 149 Å². The van der Waals surface area contributed by atoms with Crippen molar-refractivity contribution in [3.8, 4) is 11.5 Å². The summed E-state index contributed by atoms with van der Waals surface area (Å²) in [4.78, 5) is 97.7. The third-order valence-corrected chi connectivity index (χ3v) is 14.6. The van der Waals surface area contributed by atoms with Gasteiger partial charge in [0.25, 0.3) is 11.8 Å². The van der Waals surface area contributed by atoms with Gasteiger partial charge in [0.15, 0.2) is 11.3 Å². The molecule has 1 aromatic heterocycles. The number of halogens is 2. The SMILES string of the molecule is CC1=NO[C@@]2(CC[C@H](C)N3C[C@H]2n2cc(C(=O)NCc4ccc(F)cc4F)c(=O)c(OCOC(=O)CC(C)(C)c4c(CC(=O)NCP(=O)(OC(C)(C)C)OC(C)(C)C)cc(C)cc4OP(=O)(O)O)c2C3=O)C1. The lowest BCUT2D eigenvalue weighted by Crippen LogP contribution is -2.52. The molecular weight excluding hydrogens is 986 g/mol. The van der Waals surface area contributed by atoms with Crippen molar-refractivity contribution in [1.29, 1.82) is 0 Å². The van der Waals surface area contributed by atoms with E-state index in [-0.39, 0.29) is 40.7 Å². The van der Waals surface area contributed by atoms with Gasteiger partial charge in [-0.05, 0) is 98.4 Å². The zero-order valence-electron chi connectivity index (χ0n) is 42.2. The fraction of sp³-hybridized carbons (Fsp3) is 0.542. The number of carbonyl (C=O) groups is 4. The highest BCUT2D eigenvalue weighted by atomic mass is 31.2. The van der Waals surface area contributed by atoms with Gasteiger partial charge < -0.3 is 48.0 Å². The lowest BCUT2D eigenvalue weighted by Gasteiger charge is -2.42. The third kappa shape index (κ3) is 13.4. The van der Waals surface area contributed by atoms with Crippen molar-refractivity contribution in [1.82, 2.24) is 20.1 Å². The molecule has 0 saturated carbocycles. The molecule has 2 bridgehead atoms. The number of fused-ring (bicyclic) bond motifs is 5. The van der Waals surface area contributed by atoms with Gasteiger partial charge in [0, 0.05) is 54.4 Å². The smallest absolute Gasteiger partial charge is 0.451 e. The summed E-state index contributed by atoms with van der Waals surface area (Å²) in [5.74, 6) is -6.04. The Morgan fingerprint density at radius 3 is 2.22 bits per heavy atom. The maximum absolute atomic E-state index is 14.6. The Hall–Kier alpha value is -5.50. The number of phosphoric ester groups is 1. The summed E-state index contributed by atoms with van der Waals surface area (Å²) in [6.07, 6.45) is 0.983. The van der Waals surface area contributed by atoms with Gasteiger partial charge >= 0.3 is 21.4 Å². The van der Waals surface area contributed by atoms with Crippen molar-refractivity contribution in [2.24, 2.45) is 5.16 Å². The number of ether oxygens (including phenoxy) is 2. The van der Waals surface area contributed by atoms with Crippen LogP contribution in [0.4, 0.5) is 8.78 Å². The average molecular weight is 1050 g/mol. The summed E-state index contributed by atoms with van der Waals surface area (Å²) in [7, 11) is -9.19. The topological polar surface area (TPSA) is 260 Å². The number of phosphoric acid groups is 1. The van der Waals surface area contributed by atoms with Crippen LogP contribution in [0, 0.1) is 18.6 Å². The van der Waals surface area contributed by atoms with E-state index < -0.39 is 128 Å². The number of carbonyl (C=O) groups excluding carboxylic acids is 4. The summed E-state index contributed by atoms with van der Waals surface area (Å²) in [6.45, 7) is 17.0. The monoisotopic (exact) mass is 1050 g/mol. The Labute approximate surface area is 415 Å². The second-order valence-electron chi connectivity index (χ2n) is 21.1. The number of aromatic nitrogens is 1. The minimum atomic E-state index is -5.24. The zero-order valence-corrected chi connectivity index (χ0v) is 44.0. The number of rotatable bonds is 17. The Morgan fingerprint density at radius 2 is 1.62 bits per heavy atom. The molecule has 4 N–H and O–H groups in total. The van der Waals surface area contributed by atoms with Crippen LogP contribution in [0.5, 0.6) is 11.5 Å². The number of nitrogens with one attached hydrogen (secondary N) is 2. The summed E-state index contributed by atoms with van der Waals surface area (Å²) in [6, 6.07) is 4.62. The highest BCUT2D eigenvalue weighted by Gasteiger charge is 2.54. The Balaban J connectivity index is 1.30. The van der Waals surface area contributed by atoms with Gasteiger partial charge in [-0.2, -0.15) is 0 Å². The van der Waals surface area contributed by atoms with Gasteiger partial charge in [0.05, 0.1) is 35.8 Å². The van der Waals surface area contributed by atoms with Crippen LogP contribution in [0.1, 0.15) is 144 Å². The number of pyridine rings is 1. The first kappa shape index (κ1) is 55.8. The van der Waals surface area contributed by atoms with E-state index in [1.54, 1.807) is 66.4 Å². The molecule has 3 aromatic rings. The van der Waals surface area contributed by atoms with E-state index in [1.807, 2.05) is 6.92 Å². The Morgan fingerprint density at radius 1 is 0.958 bits per heavy atom. The van der Waals surface area contributed by atoms with Crippen molar-refractivity contribution in [2.75, 3.05) is 19.6 Å². The largest absolute Gasteiger partial charge is 0.524 e. The van der Waals surface area contributed by atoms with Gasteiger partial charge in [-0.15, -0.1) is 0 Å². The molecular formula is C48H63F2N5O15P2. The van der Waals surface area contributed by atoms with E-state index in [0.29, 0.717) is 36.6 Å². The van der Waals surface area contributed by atoms with Crippen LogP contribution in [0.3, 0.4) is 0 Å². The second kappa shape index (κ2) is 20.8. The number of hydrogen-bond acceptors (Lipinski definition) is 14. The molecule has 0 aliphatic carbocycles. The lowest BCUT2D eigenvalue weighted by atomic mass is 9.77. The molecule has 0 radical (unpaired) electrons. The van der Waals surface area contributed by atoms with Crippen LogP contribution in [-0.4, -0.2) is 91.1 Å². The highest BCUT2D eigenvalue weighted by molar-refractivity contribution is 7.53. The van der Waals surface area contributed by atoms with Crippen LogP contribution in [0.25, 0.3) is 0 Å². The molecule has 20 nitrogen and oxygen atoms in total. The quantitative estimate of drug-likeness (QED) is 0.0590. The number of oxime groups is 1. The van der Waals surface area contributed by atoms with Crippen molar-refractivity contribution in [3.05, 3.63) is 91.9 Å². The van der Waals surface area contributed by atoms with Crippen LogP contribution in [-0.2, 0) is 55.7 Å². The predicted octanol–water partition coefficient (Wildman–Crippen LogP) is 7.24. The standard InChI is InChI=1S/C48H63F2N5O15P2/c1-27-16-31(18-37(56)52-25-71(61,69-45(4,5)6)70-46(7,8)9)39(35(17-27)67-72(62,63)64)47(10,11)21-38(57)65-26-66-42-40-44(60)54-24-36(48(15-14-29(54)3)20-28(2)53-68-48)55(40)23-33(41(42)58)43(59)51-22-30-12-13-32(49)19-34(30)50/h12-13,16-17,19,23,29,36H,14-15,18,20-22,24-26H2,1-11H3,(H,51,59)(H,52,56)(H2,62,63,64)/t29-,36+,48-/m0/s1. The first-order valence-corrected chi connectivity index (χ1v) is 26.4. The molecule has 72 heavy (non-hydrogen) atoms. The molecule has 3 amide bonds. The molecule has 1 spiro atoms.